The van der Waals surface area contributed by atoms with Crippen molar-refractivity contribution in [2.24, 2.45) is 0 Å². The molecule has 82 valence electrons. The van der Waals surface area contributed by atoms with Gasteiger partial charge in [-0.1, -0.05) is 0 Å². The molecule has 0 heterocycles. The number of nitrogen functional groups attached to an aromatic ring is 1. The highest BCUT2D eigenvalue weighted by Crippen LogP contribution is 2.23. The Labute approximate surface area is 88.6 Å². The third-order valence-electron chi connectivity index (χ3n) is 1.84. The smallest absolute Gasteiger partial charge is 0.319 e. The molecule has 0 radical (unpaired) electrons. The fourth-order valence-electron chi connectivity index (χ4n) is 1.11. The van der Waals surface area contributed by atoms with Crippen LogP contribution in [0.25, 0.3) is 0 Å². The number of rotatable bonds is 3. The topological polar surface area (TPSA) is 76.4 Å². The van der Waals surface area contributed by atoms with Crippen LogP contribution in [0, 0.1) is 0 Å². The van der Waals surface area contributed by atoms with Crippen molar-refractivity contribution in [1.29, 1.82) is 0 Å². The first-order valence-corrected chi connectivity index (χ1v) is 4.65. The highest BCUT2D eigenvalue weighted by molar-refractivity contribution is 5.92. The van der Waals surface area contributed by atoms with Crippen LogP contribution < -0.4 is 21.1 Å². The van der Waals surface area contributed by atoms with Gasteiger partial charge in [-0.05, 0) is 19.1 Å². The van der Waals surface area contributed by atoms with Crippen LogP contribution in [0.2, 0.25) is 0 Å². The van der Waals surface area contributed by atoms with Gasteiger partial charge >= 0.3 is 6.03 Å². The van der Waals surface area contributed by atoms with Crippen LogP contribution in [0.4, 0.5) is 16.2 Å². The van der Waals surface area contributed by atoms with E-state index in [1.807, 2.05) is 6.92 Å². The van der Waals surface area contributed by atoms with Gasteiger partial charge in [-0.15, -0.1) is 0 Å². The van der Waals surface area contributed by atoms with Crippen LogP contribution in [0.15, 0.2) is 18.2 Å². The lowest BCUT2D eigenvalue weighted by molar-refractivity contribution is 0.252. The molecule has 0 saturated heterocycles. The van der Waals surface area contributed by atoms with Crippen molar-refractivity contribution in [2.45, 2.75) is 6.92 Å². The third kappa shape index (κ3) is 3.05. The minimum atomic E-state index is -0.269. The molecule has 0 spiro atoms. The lowest BCUT2D eigenvalue weighted by Gasteiger charge is -2.09. The first-order chi connectivity index (χ1) is 7.17. The average Bonchev–Trinajstić information content (AvgIpc) is 2.21. The number of carbonyl (C=O) groups is 1. The molecule has 1 rings (SSSR count). The summed E-state index contributed by atoms with van der Waals surface area (Å²) < 4.78 is 4.99. The van der Waals surface area contributed by atoms with Gasteiger partial charge < -0.3 is 21.1 Å². The number of hydrogen-bond acceptors (Lipinski definition) is 3. The van der Waals surface area contributed by atoms with Crippen LogP contribution in [-0.2, 0) is 0 Å². The number of urea groups is 1. The monoisotopic (exact) mass is 209 g/mol. The maximum absolute atomic E-state index is 11.2. The summed E-state index contributed by atoms with van der Waals surface area (Å²) in [4.78, 5) is 11.2. The molecule has 1 aromatic rings. The van der Waals surface area contributed by atoms with Gasteiger partial charge in [-0.3, -0.25) is 0 Å². The molecule has 0 fully saturated rings. The Kier molecular flexibility index (Phi) is 3.79. The number of methoxy groups -OCH3 is 1. The maximum atomic E-state index is 11.2. The van der Waals surface area contributed by atoms with Crippen LogP contribution in [-0.4, -0.2) is 19.7 Å². The van der Waals surface area contributed by atoms with Gasteiger partial charge in [0.05, 0.1) is 18.5 Å². The Balaban J connectivity index is 2.73. The molecule has 0 aliphatic heterocycles. The Morgan fingerprint density at radius 2 is 2.27 bits per heavy atom. The predicted octanol–water partition coefficient (Wildman–Crippen LogP) is 1.42. The summed E-state index contributed by atoms with van der Waals surface area (Å²) in [5, 5.41) is 5.24. The molecular weight excluding hydrogens is 194 g/mol. The van der Waals surface area contributed by atoms with E-state index >= 15 is 0 Å². The molecule has 0 unspecified atom stereocenters. The molecule has 5 nitrogen and oxygen atoms in total. The second-order valence-electron chi connectivity index (χ2n) is 2.94. The van der Waals surface area contributed by atoms with Crippen molar-refractivity contribution >= 4 is 17.4 Å². The highest BCUT2D eigenvalue weighted by atomic mass is 16.5. The van der Waals surface area contributed by atoms with E-state index in [4.69, 9.17) is 10.5 Å². The van der Waals surface area contributed by atoms with E-state index in [1.54, 1.807) is 25.3 Å². The zero-order chi connectivity index (χ0) is 11.3. The molecule has 15 heavy (non-hydrogen) atoms. The molecule has 0 saturated carbocycles. The number of ether oxygens (including phenoxy) is 1. The first-order valence-electron chi connectivity index (χ1n) is 4.65. The molecule has 2 amide bonds. The first kappa shape index (κ1) is 11.2. The fraction of sp³-hybridized carbons (Fsp3) is 0.300. The summed E-state index contributed by atoms with van der Waals surface area (Å²) in [7, 11) is 1.56. The lowest BCUT2D eigenvalue weighted by Crippen LogP contribution is -2.28. The summed E-state index contributed by atoms with van der Waals surface area (Å²) in [6.07, 6.45) is 0. The summed E-state index contributed by atoms with van der Waals surface area (Å²) in [6.45, 7) is 2.42. The van der Waals surface area contributed by atoms with Crippen LogP contribution >= 0.6 is 0 Å². The normalized spacial score (nSPS) is 9.47. The van der Waals surface area contributed by atoms with Gasteiger partial charge in [0.25, 0.3) is 0 Å². The van der Waals surface area contributed by atoms with Crippen LogP contribution in [0.1, 0.15) is 6.92 Å². The van der Waals surface area contributed by atoms with E-state index in [2.05, 4.69) is 10.6 Å². The fourth-order valence-corrected chi connectivity index (χ4v) is 1.11. The van der Waals surface area contributed by atoms with Crippen LogP contribution in [0.5, 0.6) is 5.75 Å². The third-order valence-corrected chi connectivity index (χ3v) is 1.84. The van der Waals surface area contributed by atoms with Gasteiger partial charge in [0, 0.05) is 12.6 Å². The van der Waals surface area contributed by atoms with Crippen molar-refractivity contribution in [3.8, 4) is 5.75 Å². The van der Waals surface area contributed by atoms with Gasteiger partial charge in [-0.25, -0.2) is 4.79 Å². The Hall–Kier alpha value is -1.91. The van der Waals surface area contributed by atoms with E-state index in [9.17, 15) is 4.79 Å². The average molecular weight is 209 g/mol. The summed E-state index contributed by atoms with van der Waals surface area (Å²) in [5.41, 5.74) is 6.76. The number of carbonyl (C=O) groups excluding carboxylic acids is 1. The van der Waals surface area contributed by atoms with Gasteiger partial charge in [-0.2, -0.15) is 0 Å². The second kappa shape index (κ2) is 5.09. The van der Waals surface area contributed by atoms with Crippen molar-refractivity contribution in [1.82, 2.24) is 5.32 Å². The number of nitrogens with two attached hydrogens (primary N) is 1. The highest BCUT2D eigenvalue weighted by Gasteiger charge is 2.04. The summed E-state index contributed by atoms with van der Waals surface area (Å²) >= 11 is 0. The zero-order valence-corrected chi connectivity index (χ0v) is 8.83. The van der Waals surface area contributed by atoms with E-state index in [0.29, 0.717) is 23.7 Å². The molecule has 1 aromatic carbocycles. The Morgan fingerprint density at radius 1 is 1.53 bits per heavy atom. The molecule has 0 aliphatic rings. The van der Waals surface area contributed by atoms with Crippen molar-refractivity contribution in [3.05, 3.63) is 18.2 Å². The molecular formula is C10H15N3O2. The quantitative estimate of drug-likeness (QED) is 0.659. The number of benzene rings is 1. The number of anilines is 2. The Bertz CT molecular complexity index is 353. The largest absolute Gasteiger partial charge is 0.497 e. The Morgan fingerprint density at radius 3 is 2.80 bits per heavy atom. The number of hydrogen-bond donors (Lipinski definition) is 3. The van der Waals surface area contributed by atoms with E-state index < -0.39 is 0 Å². The summed E-state index contributed by atoms with van der Waals surface area (Å²) in [6, 6.07) is 4.82. The number of nitrogens with one attached hydrogen (secondary N) is 2. The standard InChI is InChI=1S/C10H15N3O2/c1-3-12-10(14)13-9-5-4-7(15-2)6-8(9)11/h4-6H,3,11H2,1-2H3,(H2,12,13,14). The van der Waals surface area contributed by atoms with Gasteiger partial charge in [0.2, 0.25) is 0 Å². The minimum absolute atomic E-state index is 0.269. The SMILES string of the molecule is CCNC(=O)Nc1ccc(OC)cc1N. The van der Waals surface area contributed by atoms with Gasteiger partial charge in [0.1, 0.15) is 5.75 Å². The molecule has 0 atom stereocenters. The molecule has 0 aromatic heterocycles. The van der Waals surface area contributed by atoms with Crippen LogP contribution in [0.3, 0.4) is 0 Å². The molecule has 5 heteroatoms. The number of amides is 2. The van der Waals surface area contributed by atoms with Crippen molar-refractivity contribution in [2.75, 3.05) is 24.7 Å². The van der Waals surface area contributed by atoms with Gasteiger partial charge in [0.15, 0.2) is 0 Å². The minimum Gasteiger partial charge on any atom is -0.497 e. The maximum Gasteiger partial charge on any atom is 0.319 e. The lowest BCUT2D eigenvalue weighted by atomic mass is 10.2. The molecule has 0 bridgehead atoms. The van der Waals surface area contributed by atoms with E-state index in [0.717, 1.165) is 0 Å². The predicted molar refractivity (Wildman–Crippen MR) is 60.1 cm³/mol. The van der Waals surface area contributed by atoms with Crippen molar-refractivity contribution in [3.63, 3.8) is 0 Å². The molecule has 0 aliphatic carbocycles. The second-order valence-corrected chi connectivity index (χ2v) is 2.94. The van der Waals surface area contributed by atoms with Crippen molar-refractivity contribution < 1.29 is 9.53 Å². The van der Waals surface area contributed by atoms with E-state index in [1.165, 1.54) is 0 Å². The summed E-state index contributed by atoms with van der Waals surface area (Å²) in [5.74, 6) is 0.661. The zero-order valence-electron chi connectivity index (χ0n) is 8.83. The molecule has 4 N–H and O–H groups in total. The van der Waals surface area contributed by atoms with E-state index in [-0.39, 0.29) is 6.03 Å².